The van der Waals surface area contributed by atoms with Crippen LogP contribution in [-0.4, -0.2) is 46.8 Å². The molecule has 0 aliphatic heterocycles. The summed E-state index contributed by atoms with van der Waals surface area (Å²) in [5.41, 5.74) is -1.85. The zero-order valence-electron chi connectivity index (χ0n) is 27.1. The molecule has 0 amide bonds. The van der Waals surface area contributed by atoms with Crippen molar-refractivity contribution < 1.29 is 48.0 Å². The predicted octanol–water partition coefficient (Wildman–Crippen LogP) is 9.09. The largest absolute Gasteiger partial charge is 0.462 e. The summed E-state index contributed by atoms with van der Waals surface area (Å²) >= 11 is 0. The van der Waals surface area contributed by atoms with Crippen LogP contribution in [0.15, 0.2) is 0 Å². The molecule has 0 heterocycles. The van der Waals surface area contributed by atoms with E-state index >= 15 is 0 Å². The molecule has 2 N–H and O–H groups in total. The Morgan fingerprint density at radius 2 is 0.930 bits per heavy atom. The molecule has 0 radical (unpaired) electrons. The van der Waals surface area contributed by atoms with Gasteiger partial charge in [-0.3, -0.25) is 14.5 Å². The van der Waals surface area contributed by atoms with Crippen molar-refractivity contribution in [2.45, 2.75) is 174 Å². The molecule has 0 saturated heterocycles. The van der Waals surface area contributed by atoms with Gasteiger partial charge in [0.05, 0.1) is 0 Å². The van der Waals surface area contributed by atoms with Crippen molar-refractivity contribution in [1.29, 1.82) is 0 Å². The van der Waals surface area contributed by atoms with Crippen molar-refractivity contribution in [1.82, 2.24) is 0 Å². The number of hydrogen-bond acceptors (Lipinski definition) is 8. The van der Waals surface area contributed by atoms with E-state index in [-0.39, 0.29) is 19.4 Å². The Kier molecular flexibility index (Phi) is 28.2. The number of rotatable bonds is 31. The Bertz CT molecular complexity index is 740. The van der Waals surface area contributed by atoms with Gasteiger partial charge in [-0.05, 0) is 12.8 Å². The Morgan fingerprint density at radius 3 is 1.33 bits per heavy atom. The van der Waals surface area contributed by atoms with Gasteiger partial charge in [0.25, 0.3) is 0 Å². The van der Waals surface area contributed by atoms with Gasteiger partial charge in [-0.2, -0.15) is 4.89 Å². The normalized spacial score (nSPS) is 12.2. The van der Waals surface area contributed by atoms with Crippen LogP contribution in [0.25, 0.3) is 0 Å². The maximum atomic E-state index is 12.3. The predicted molar refractivity (Wildman–Crippen MR) is 167 cm³/mol. The highest BCUT2D eigenvalue weighted by molar-refractivity contribution is 7.69. The van der Waals surface area contributed by atoms with Crippen LogP contribution < -0.4 is 0 Å². The molecule has 0 saturated carbocycles. The fourth-order valence-corrected chi connectivity index (χ4v) is 4.84. The summed E-state index contributed by atoms with van der Waals surface area (Å²) in [5, 5.41) is 0. The molecular weight excluding hydrogens is 575 g/mol. The molecule has 0 spiro atoms. The maximum absolute atomic E-state index is 12.3. The first-order valence-corrected chi connectivity index (χ1v) is 18.6. The van der Waals surface area contributed by atoms with Crippen LogP contribution in [0.2, 0.25) is 0 Å². The lowest BCUT2D eigenvalue weighted by Crippen LogP contribution is -2.30. The number of carbonyl (C=O) groups excluding carboxylic acids is 3. The van der Waals surface area contributed by atoms with E-state index in [2.05, 4.69) is 23.6 Å². The number of esters is 2. The van der Waals surface area contributed by atoms with E-state index in [1.165, 1.54) is 89.9 Å². The second-order valence-electron chi connectivity index (χ2n) is 11.5. The van der Waals surface area contributed by atoms with E-state index in [9.17, 15) is 18.9 Å². The van der Waals surface area contributed by atoms with Crippen LogP contribution in [0, 0.1) is 0 Å². The van der Waals surface area contributed by atoms with Crippen molar-refractivity contribution >= 4 is 25.2 Å². The van der Waals surface area contributed by atoms with Gasteiger partial charge in [0.15, 0.2) is 6.10 Å². The molecular formula is C32H61O10P. The highest BCUT2D eigenvalue weighted by atomic mass is 31.2. The van der Waals surface area contributed by atoms with E-state index in [1.54, 1.807) is 0 Å². The minimum absolute atomic E-state index is 0.183. The zero-order chi connectivity index (χ0) is 32.0. The quantitative estimate of drug-likeness (QED) is 0.0248. The first-order chi connectivity index (χ1) is 20.7. The molecule has 254 valence electrons. The molecule has 43 heavy (non-hydrogen) atoms. The van der Waals surface area contributed by atoms with E-state index in [0.29, 0.717) is 12.8 Å². The summed E-state index contributed by atoms with van der Waals surface area (Å²) in [7, 11) is -5.12. The molecule has 11 heteroatoms. The first kappa shape index (κ1) is 41.5. The minimum atomic E-state index is -5.12. The standard InChI is InChI=1S/C32H61O10P/c1-3-5-7-9-11-13-15-17-19-21-23-25-30(33)39-27-29(28-40-42-32(35)43(36,37)38)41-31(34)26-24-22-20-18-16-14-12-10-8-6-4-2/h29H,3-28H2,1-2H3,(H2,36,37,38)/t29-/m1/s1. The van der Waals surface area contributed by atoms with Crippen LogP contribution in [0.3, 0.4) is 0 Å². The van der Waals surface area contributed by atoms with Crippen LogP contribution >= 0.6 is 7.60 Å². The van der Waals surface area contributed by atoms with E-state index in [0.717, 1.165) is 38.5 Å². The third-order valence-electron chi connectivity index (χ3n) is 7.32. The molecule has 0 bridgehead atoms. The Hall–Kier alpha value is -1.48. The number of unbranched alkanes of at least 4 members (excludes halogenated alkanes) is 20. The molecule has 0 rings (SSSR count). The van der Waals surface area contributed by atoms with Crippen molar-refractivity contribution in [2.24, 2.45) is 0 Å². The average molecular weight is 637 g/mol. The fraction of sp³-hybridized carbons (Fsp3) is 0.906. The molecule has 10 nitrogen and oxygen atoms in total. The van der Waals surface area contributed by atoms with E-state index < -0.39 is 38.0 Å². The smallest absolute Gasteiger partial charge is 0.452 e. The third-order valence-corrected chi connectivity index (χ3v) is 7.87. The van der Waals surface area contributed by atoms with Crippen LogP contribution in [0.1, 0.15) is 168 Å². The van der Waals surface area contributed by atoms with Gasteiger partial charge in [-0.1, -0.05) is 142 Å². The lowest BCUT2D eigenvalue weighted by molar-refractivity contribution is -0.251. The maximum Gasteiger partial charge on any atom is 0.452 e. The highest BCUT2D eigenvalue weighted by Gasteiger charge is 2.30. The van der Waals surface area contributed by atoms with Crippen molar-refractivity contribution in [3.05, 3.63) is 0 Å². The SMILES string of the molecule is CCCCCCCCCCCCCC(=O)OC[C@H](COOC(=O)P(=O)(O)O)OC(=O)CCCCCCCCCCCCC. The monoisotopic (exact) mass is 636 g/mol. The molecule has 0 aliphatic carbocycles. The fourth-order valence-electron chi connectivity index (χ4n) is 4.70. The molecule has 0 fully saturated rings. The Labute approximate surface area is 260 Å². The molecule has 0 aromatic carbocycles. The van der Waals surface area contributed by atoms with Gasteiger partial charge in [0.2, 0.25) is 0 Å². The number of ether oxygens (including phenoxy) is 2. The van der Waals surface area contributed by atoms with Crippen molar-refractivity contribution in [2.75, 3.05) is 13.2 Å². The lowest BCUT2D eigenvalue weighted by Gasteiger charge is -2.17. The third kappa shape index (κ3) is 29.0. The molecule has 0 aromatic heterocycles. The Balaban J connectivity index is 4.23. The van der Waals surface area contributed by atoms with E-state index in [1.807, 2.05) is 0 Å². The number of hydrogen-bond donors (Lipinski definition) is 2. The summed E-state index contributed by atoms with van der Waals surface area (Å²) in [4.78, 5) is 62.1. The lowest BCUT2D eigenvalue weighted by atomic mass is 10.1. The summed E-state index contributed by atoms with van der Waals surface area (Å²) in [5.74, 6) is -0.943. The van der Waals surface area contributed by atoms with Crippen LogP contribution in [0.5, 0.6) is 0 Å². The second-order valence-corrected chi connectivity index (χ2v) is 13.0. The van der Waals surface area contributed by atoms with Crippen LogP contribution in [-0.2, 0) is 33.4 Å². The molecule has 1 atom stereocenters. The van der Waals surface area contributed by atoms with Crippen LogP contribution in [0.4, 0.5) is 4.79 Å². The van der Waals surface area contributed by atoms with Gasteiger partial charge in [0, 0.05) is 12.8 Å². The topological polar surface area (TPSA) is 146 Å². The summed E-state index contributed by atoms with van der Waals surface area (Å²) in [6.07, 6.45) is 24.9. The molecule has 0 aromatic rings. The van der Waals surface area contributed by atoms with Gasteiger partial charge >= 0.3 is 25.2 Å². The number of carbonyl (C=O) groups is 3. The molecule has 0 unspecified atom stereocenters. The van der Waals surface area contributed by atoms with Gasteiger partial charge in [-0.25, -0.2) is 9.36 Å². The Morgan fingerprint density at radius 1 is 0.558 bits per heavy atom. The van der Waals surface area contributed by atoms with Gasteiger partial charge < -0.3 is 19.3 Å². The summed E-state index contributed by atoms with van der Waals surface area (Å²) in [6.45, 7) is 3.59. The average Bonchev–Trinajstić information content (AvgIpc) is 2.96. The summed E-state index contributed by atoms with van der Waals surface area (Å²) in [6, 6.07) is 0. The van der Waals surface area contributed by atoms with Gasteiger partial charge in [-0.15, -0.1) is 0 Å². The van der Waals surface area contributed by atoms with Gasteiger partial charge in [0.1, 0.15) is 13.2 Å². The zero-order valence-corrected chi connectivity index (χ0v) is 28.0. The first-order valence-electron chi connectivity index (χ1n) is 16.9. The molecule has 0 aliphatic rings. The highest BCUT2D eigenvalue weighted by Crippen LogP contribution is 2.36. The minimum Gasteiger partial charge on any atom is -0.462 e. The van der Waals surface area contributed by atoms with Crippen molar-refractivity contribution in [3.63, 3.8) is 0 Å². The summed E-state index contributed by atoms with van der Waals surface area (Å²) < 4.78 is 21.5. The van der Waals surface area contributed by atoms with Crippen molar-refractivity contribution in [3.8, 4) is 0 Å². The second kappa shape index (κ2) is 29.2. The van der Waals surface area contributed by atoms with E-state index in [4.69, 9.17) is 19.3 Å².